The third-order valence-electron chi connectivity index (χ3n) is 4.31. The van der Waals surface area contributed by atoms with E-state index in [1.807, 2.05) is 0 Å². The molecule has 0 bridgehead atoms. The molecule has 0 saturated heterocycles. The van der Waals surface area contributed by atoms with Gasteiger partial charge in [0.2, 0.25) is 5.91 Å². The van der Waals surface area contributed by atoms with Crippen molar-refractivity contribution in [2.75, 3.05) is 13.7 Å². The van der Waals surface area contributed by atoms with Gasteiger partial charge in [-0.1, -0.05) is 19.3 Å². The number of rotatable bonds is 10. The Balaban J connectivity index is 2.05. The van der Waals surface area contributed by atoms with E-state index in [0.29, 0.717) is 19.4 Å². The van der Waals surface area contributed by atoms with Crippen molar-refractivity contribution >= 4 is 11.9 Å². The second kappa shape index (κ2) is 10.6. The zero-order valence-corrected chi connectivity index (χ0v) is 13.4. The monoisotopic (exact) mass is 315 g/mol. The van der Waals surface area contributed by atoms with Crippen molar-refractivity contribution in [1.29, 1.82) is 0 Å². The van der Waals surface area contributed by atoms with E-state index in [-0.39, 0.29) is 24.3 Å². The molecule has 0 aliphatic heterocycles. The third kappa shape index (κ3) is 7.22. The van der Waals surface area contributed by atoms with Crippen LogP contribution >= 0.6 is 0 Å². The van der Waals surface area contributed by atoms with Crippen LogP contribution in [0, 0.1) is 5.92 Å². The Morgan fingerprint density at radius 1 is 1.14 bits per heavy atom. The van der Waals surface area contributed by atoms with Crippen LogP contribution in [0.25, 0.3) is 0 Å². The second-order valence-electron chi connectivity index (χ2n) is 6.05. The maximum absolute atomic E-state index is 12.0. The van der Waals surface area contributed by atoms with Crippen LogP contribution in [0.15, 0.2) is 0 Å². The SMILES string of the molecule is COC1CCC(C(=O)NCCCCCCCC(=O)O)C(O)C1. The van der Waals surface area contributed by atoms with Gasteiger partial charge in [-0.3, -0.25) is 9.59 Å². The van der Waals surface area contributed by atoms with Crippen LogP contribution in [0.2, 0.25) is 0 Å². The lowest BCUT2D eigenvalue weighted by atomic mass is 9.84. The Labute approximate surface area is 132 Å². The summed E-state index contributed by atoms with van der Waals surface area (Å²) in [6.07, 6.45) is 6.19. The highest BCUT2D eigenvalue weighted by Crippen LogP contribution is 2.26. The maximum Gasteiger partial charge on any atom is 0.303 e. The second-order valence-corrected chi connectivity index (χ2v) is 6.05. The molecule has 3 atom stereocenters. The summed E-state index contributed by atoms with van der Waals surface area (Å²) < 4.78 is 5.22. The number of carbonyl (C=O) groups excluding carboxylic acids is 1. The van der Waals surface area contributed by atoms with Gasteiger partial charge in [0.25, 0.3) is 0 Å². The van der Waals surface area contributed by atoms with Gasteiger partial charge in [-0.15, -0.1) is 0 Å². The van der Waals surface area contributed by atoms with Gasteiger partial charge in [0.1, 0.15) is 0 Å². The van der Waals surface area contributed by atoms with E-state index in [9.17, 15) is 14.7 Å². The van der Waals surface area contributed by atoms with Crippen molar-refractivity contribution in [3.8, 4) is 0 Å². The van der Waals surface area contributed by atoms with Gasteiger partial charge in [-0.05, 0) is 25.7 Å². The highest BCUT2D eigenvalue weighted by atomic mass is 16.5. The minimum Gasteiger partial charge on any atom is -0.481 e. The topological polar surface area (TPSA) is 95.9 Å². The number of ether oxygens (including phenoxy) is 1. The number of nitrogens with one attached hydrogen (secondary N) is 1. The predicted octanol–water partition coefficient (Wildman–Crippen LogP) is 1.70. The van der Waals surface area contributed by atoms with Gasteiger partial charge in [0.05, 0.1) is 18.1 Å². The first-order valence-corrected chi connectivity index (χ1v) is 8.25. The van der Waals surface area contributed by atoms with E-state index < -0.39 is 12.1 Å². The molecule has 0 heterocycles. The predicted molar refractivity (Wildman–Crippen MR) is 82.5 cm³/mol. The summed E-state index contributed by atoms with van der Waals surface area (Å²) in [5.74, 6) is -1.12. The average Bonchev–Trinajstić information content (AvgIpc) is 2.49. The number of carboxylic acids is 1. The molecule has 1 aliphatic carbocycles. The van der Waals surface area contributed by atoms with Crippen molar-refractivity contribution < 1.29 is 24.5 Å². The standard InChI is InChI=1S/C16H29NO5/c1-22-12-8-9-13(14(18)11-12)16(21)17-10-6-4-2-3-5-7-15(19)20/h12-14,18H,2-11H2,1H3,(H,17,21)(H,19,20). The van der Waals surface area contributed by atoms with Gasteiger partial charge in [-0.25, -0.2) is 0 Å². The number of aliphatic carboxylic acids is 1. The number of hydrogen-bond donors (Lipinski definition) is 3. The lowest BCUT2D eigenvalue weighted by Gasteiger charge is -2.31. The Bertz CT molecular complexity index is 347. The van der Waals surface area contributed by atoms with Crippen molar-refractivity contribution in [2.24, 2.45) is 5.92 Å². The number of aliphatic hydroxyl groups is 1. The summed E-state index contributed by atoms with van der Waals surface area (Å²) in [5, 5.41) is 21.4. The van der Waals surface area contributed by atoms with Crippen LogP contribution in [-0.4, -0.2) is 48.0 Å². The van der Waals surface area contributed by atoms with Crippen LogP contribution in [0.5, 0.6) is 0 Å². The summed E-state index contributed by atoms with van der Waals surface area (Å²) in [4.78, 5) is 22.4. The lowest BCUT2D eigenvalue weighted by molar-refractivity contribution is -0.137. The average molecular weight is 315 g/mol. The Hall–Kier alpha value is -1.14. The van der Waals surface area contributed by atoms with Crippen LogP contribution in [-0.2, 0) is 14.3 Å². The van der Waals surface area contributed by atoms with Crippen molar-refractivity contribution in [3.05, 3.63) is 0 Å². The molecule has 1 rings (SSSR count). The number of methoxy groups -OCH3 is 1. The summed E-state index contributed by atoms with van der Waals surface area (Å²) in [5.41, 5.74) is 0. The third-order valence-corrected chi connectivity index (χ3v) is 4.31. The molecular formula is C16H29NO5. The van der Waals surface area contributed by atoms with E-state index in [1.165, 1.54) is 0 Å². The molecule has 3 N–H and O–H groups in total. The molecule has 1 aliphatic rings. The van der Waals surface area contributed by atoms with Crippen LogP contribution in [0.1, 0.15) is 57.8 Å². The van der Waals surface area contributed by atoms with E-state index in [1.54, 1.807) is 7.11 Å². The smallest absolute Gasteiger partial charge is 0.303 e. The summed E-state index contributed by atoms with van der Waals surface area (Å²) >= 11 is 0. The van der Waals surface area contributed by atoms with E-state index in [4.69, 9.17) is 9.84 Å². The Morgan fingerprint density at radius 2 is 1.82 bits per heavy atom. The summed E-state index contributed by atoms with van der Waals surface area (Å²) in [7, 11) is 1.63. The normalized spacial score (nSPS) is 24.9. The largest absolute Gasteiger partial charge is 0.481 e. The van der Waals surface area contributed by atoms with Crippen molar-refractivity contribution in [1.82, 2.24) is 5.32 Å². The number of unbranched alkanes of at least 4 members (excludes halogenated alkanes) is 4. The highest BCUT2D eigenvalue weighted by molar-refractivity contribution is 5.79. The van der Waals surface area contributed by atoms with Gasteiger partial charge in [-0.2, -0.15) is 0 Å². The molecule has 6 nitrogen and oxygen atoms in total. The number of amides is 1. The zero-order chi connectivity index (χ0) is 16.4. The molecule has 1 fully saturated rings. The Kier molecular flexibility index (Phi) is 9.08. The Morgan fingerprint density at radius 3 is 2.45 bits per heavy atom. The highest BCUT2D eigenvalue weighted by Gasteiger charge is 2.33. The molecule has 0 spiro atoms. The number of carbonyl (C=O) groups is 2. The quantitative estimate of drug-likeness (QED) is 0.533. The first kappa shape index (κ1) is 18.9. The molecule has 22 heavy (non-hydrogen) atoms. The first-order chi connectivity index (χ1) is 10.5. The van der Waals surface area contributed by atoms with E-state index in [0.717, 1.165) is 38.5 Å². The fraction of sp³-hybridized carbons (Fsp3) is 0.875. The van der Waals surface area contributed by atoms with Gasteiger partial charge in [0, 0.05) is 26.5 Å². The first-order valence-electron chi connectivity index (χ1n) is 8.25. The van der Waals surface area contributed by atoms with E-state index in [2.05, 4.69) is 5.32 Å². The molecule has 6 heteroatoms. The van der Waals surface area contributed by atoms with Gasteiger partial charge < -0.3 is 20.3 Å². The molecule has 0 aromatic carbocycles. The summed E-state index contributed by atoms with van der Waals surface area (Å²) in [6.45, 7) is 0.620. The van der Waals surface area contributed by atoms with Crippen LogP contribution in [0.4, 0.5) is 0 Å². The van der Waals surface area contributed by atoms with Crippen molar-refractivity contribution in [3.63, 3.8) is 0 Å². The van der Waals surface area contributed by atoms with E-state index >= 15 is 0 Å². The van der Waals surface area contributed by atoms with Gasteiger partial charge >= 0.3 is 5.97 Å². The number of hydrogen-bond acceptors (Lipinski definition) is 4. The molecule has 3 unspecified atom stereocenters. The molecule has 1 saturated carbocycles. The lowest BCUT2D eigenvalue weighted by Crippen LogP contribution is -2.43. The zero-order valence-electron chi connectivity index (χ0n) is 13.4. The maximum atomic E-state index is 12.0. The van der Waals surface area contributed by atoms with Gasteiger partial charge in [0.15, 0.2) is 0 Å². The fourth-order valence-electron chi connectivity index (χ4n) is 2.90. The van der Waals surface area contributed by atoms with Crippen LogP contribution in [0.3, 0.4) is 0 Å². The molecule has 128 valence electrons. The minimum absolute atomic E-state index is 0.0600. The number of aliphatic hydroxyl groups excluding tert-OH is 1. The molecule has 0 aromatic heterocycles. The van der Waals surface area contributed by atoms with Crippen molar-refractivity contribution in [2.45, 2.75) is 70.0 Å². The summed E-state index contributed by atoms with van der Waals surface area (Å²) in [6, 6.07) is 0. The molecule has 1 amide bonds. The number of carboxylic acid groups (broad SMARTS) is 1. The minimum atomic E-state index is -0.742. The van der Waals surface area contributed by atoms with Crippen LogP contribution < -0.4 is 5.32 Å². The fourth-order valence-corrected chi connectivity index (χ4v) is 2.90. The molecular weight excluding hydrogens is 286 g/mol. The molecule has 0 aromatic rings. The molecule has 0 radical (unpaired) electrons.